The van der Waals surface area contributed by atoms with Crippen LogP contribution in [0.4, 0.5) is 18.9 Å². The normalized spacial score (nSPS) is 19.6. The van der Waals surface area contributed by atoms with Gasteiger partial charge in [0.15, 0.2) is 0 Å². The number of likely N-dealkylation sites (tertiary alicyclic amines) is 1. The predicted octanol–water partition coefficient (Wildman–Crippen LogP) is 2.90. The number of aryl methyl sites for hydroxylation is 1. The van der Waals surface area contributed by atoms with Crippen molar-refractivity contribution in [3.05, 3.63) is 47.3 Å². The number of carbonyl (C=O) groups is 2. The first-order chi connectivity index (χ1) is 16.4. The van der Waals surface area contributed by atoms with E-state index < -0.39 is 23.3 Å². The van der Waals surface area contributed by atoms with Crippen molar-refractivity contribution >= 4 is 17.5 Å². The van der Waals surface area contributed by atoms with Crippen LogP contribution in [0.5, 0.6) is 0 Å². The lowest BCUT2D eigenvalue weighted by atomic mass is 9.76. The van der Waals surface area contributed by atoms with Crippen LogP contribution < -0.4 is 4.90 Å². The van der Waals surface area contributed by atoms with Gasteiger partial charge in [-0.2, -0.15) is 23.5 Å². The van der Waals surface area contributed by atoms with Crippen LogP contribution in [0.15, 0.2) is 30.5 Å². The van der Waals surface area contributed by atoms with Crippen LogP contribution in [-0.4, -0.2) is 71.2 Å². The summed E-state index contributed by atoms with van der Waals surface area (Å²) in [6, 6.07) is 6.39. The van der Waals surface area contributed by atoms with E-state index in [1.807, 2.05) is 4.90 Å². The summed E-state index contributed by atoms with van der Waals surface area (Å²) in [4.78, 5) is 31.1. The maximum absolute atomic E-state index is 13.4. The van der Waals surface area contributed by atoms with Crippen molar-refractivity contribution in [2.45, 2.75) is 31.5 Å². The Labute approximate surface area is 201 Å². The summed E-state index contributed by atoms with van der Waals surface area (Å²) in [7, 11) is 5.03. The molecule has 1 unspecified atom stereocenters. The van der Waals surface area contributed by atoms with Gasteiger partial charge in [-0.15, -0.1) is 0 Å². The molecule has 0 aliphatic carbocycles. The molecule has 2 amide bonds. The Bertz CT molecular complexity index is 1170. The molecule has 2 fully saturated rings. The molecule has 0 bridgehead atoms. The molecule has 1 aromatic heterocycles. The van der Waals surface area contributed by atoms with Crippen LogP contribution in [0.3, 0.4) is 0 Å². The number of carbonyl (C=O) groups excluding carboxylic acids is 2. The van der Waals surface area contributed by atoms with E-state index in [0.717, 1.165) is 6.07 Å². The fourth-order valence-corrected chi connectivity index (χ4v) is 5.13. The molecule has 186 valence electrons. The third-order valence-corrected chi connectivity index (χ3v) is 7.05. The Morgan fingerprint density at radius 2 is 1.89 bits per heavy atom. The molecule has 2 saturated heterocycles. The first kappa shape index (κ1) is 24.6. The summed E-state index contributed by atoms with van der Waals surface area (Å²) in [5.41, 5.74) is -0.972. The van der Waals surface area contributed by atoms with E-state index in [4.69, 9.17) is 5.26 Å². The van der Waals surface area contributed by atoms with Crippen molar-refractivity contribution in [2.24, 2.45) is 12.5 Å². The van der Waals surface area contributed by atoms with Crippen molar-refractivity contribution in [2.75, 3.05) is 38.6 Å². The Morgan fingerprint density at radius 1 is 1.20 bits per heavy atom. The van der Waals surface area contributed by atoms with Crippen molar-refractivity contribution in [1.29, 1.82) is 5.26 Å². The van der Waals surface area contributed by atoms with E-state index in [0.29, 0.717) is 44.6 Å². The van der Waals surface area contributed by atoms with E-state index in [1.54, 1.807) is 44.4 Å². The Balaban J connectivity index is 1.54. The minimum absolute atomic E-state index is 0.157. The second-order valence-electron chi connectivity index (χ2n) is 9.59. The molecule has 11 heteroatoms. The van der Waals surface area contributed by atoms with Gasteiger partial charge in [0, 0.05) is 52.7 Å². The van der Waals surface area contributed by atoms with Gasteiger partial charge in [-0.1, -0.05) is 0 Å². The fourth-order valence-electron chi connectivity index (χ4n) is 5.13. The average molecular weight is 489 g/mol. The molecule has 1 spiro atoms. The zero-order chi connectivity index (χ0) is 25.5. The highest BCUT2D eigenvalue weighted by molar-refractivity contribution is 5.96. The SMILES string of the molecule is CN(C)C(=O)C1CC2(CCN(c3ccc(C#N)c(C(F)(F)F)c3)CC2)CN1C(=O)c1ccn(C)n1. The second kappa shape index (κ2) is 8.91. The molecule has 3 heterocycles. The summed E-state index contributed by atoms with van der Waals surface area (Å²) in [6.07, 6.45) is -1.20. The zero-order valence-corrected chi connectivity index (χ0v) is 19.8. The Morgan fingerprint density at radius 3 is 2.43 bits per heavy atom. The van der Waals surface area contributed by atoms with Gasteiger partial charge in [0.1, 0.15) is 11.7 Å². The van der Waals surface area contributed by atoms with Gasteiger partial charge in [-0.3, -0.25) is 14.3 Å². The quantitative estimate of drug-likeness (QED) is 0.663. The highest BCUT2D eigenvalue weighted by atomic mass is 19.4. The van der Waals surface area contributed by atoms with Crippen LogP contribution in [0, 0.1) is 16.7 Å². The summed E-state index contributed by atoms with van der Waals surface area (Å²) in [5.74, 6) is -0.456. The minimum atomic E-state index is -4.62. The summed E-state index contributed by atoms with van der Waals surface area (Å²) < 4.78 is 41.8. The standard InChI is InChI=1S/C24H27F3N6O2/c1-30(2)22(35)20-13-23(15-33(20)21(34)19-6-9-31(3)29-19)7-10-32(11-8-23)17-5-4-16(14-28)18(12-17)24(25,26)27/h4-6,9,12,20H,7-8,10-11,13,15H2,1-3H3. The largest absolute Gasteiger partial charge is 0.417 e. The van der Waals surface area contributed by atoms with E-state index in [-0.39, 0.29) is 22.9 Å². The molecule has 1 aromatic carbocycles. The van der Waals surface area contributed by atoms with Crippen LogP contribution in [-0.2, 0) is 18.0 Å². The van der Waals surface area contributed by atoms with Crippen molar-refractivity contribution in [3.8, 4) is 6.07 Å². The number of benzene rings is 1. The van der Waals surface area contributed by atoms with Gasteiger partial charge in [0.25, 0.3) is 5.91 Å². The monoisotopic (exact) mass is 488 g/mol. The minimum Gasteiger partial charge on any atom is -0.371 e. The highest BCUT2D eigenvalue weighted by Crippen LogP contribution is 2.45. The van der Waals surface area contributed by atoms with Crippen molar-refractivity contribution in [1.82, 2.24) is 19.6 Å². The number of aromatic nitrogens is 2. The van der Waals surface area contributed by atoms with E-state index in [9.17, 15) is 22.8 Å². The maximum Gasteiger partial charge on any atom is 0.417 e. The molecule has 2 aromatic rings. The number of amides is 2. The molecular weight excluding hydrogens is 461 g/mol. The summed E-state index contributed by atoms with van der Waals surface area (Å²) >= 11 is 0. The molecule has 0 N–H and O–H groups in total. The lowest BCUT2D eigenvalue weighted by Gasteiger charge is -2.40. The molecule has 2 aliphatic rings. The first-order valence-electron chi connectivity index (χ1n) is 11.3. The molecule has 2 aliphatic heterocycles. The number of nitrogens with zero attached hydrogens (tertiary/aromatic N) is 6. The van der Waals surface area contributed by atoms with E-state index in [1.165, 1.54) is 21.7 Å². The Kier molecular flexibility index (Phi) is 6.25. The van der Waals surface area contributed by atoms with Crippen LogP contribution >= 0.6 is 0 Å². The smallest absolute Gasteiger partial charge is 0.371 e. The summed E-state index contributed by atoms with van der Waals surface area (Å²) in [5, 5.41) is 13.3. The van der Waals surface area contributed by atoms with Gasteiger partial charge >= 0.3 is 6.18 Å². The lowest BCUT2D eigenvalue weighted by molar-refractivity contribution is -0.137. The highest BCUT2D eigenvalue weighted by Gasteiger charge is 2.50. The van der Waals surface area contributed by atoms with Crippen molar-refractivity contribution in [3.63, 3.8) is 0 Å². The number of anilines is 1. The first-order valence-corrected chi connectivity index (χ1v) is 11.3. The van der Waals surface area contributed by atoms with Gasteiger partial charge in [-0.05, 0) is 48.9 Å². The Hall–Kier alpha value is -3.55. The van der Waals surface area contributed by atoms with Crippen LogP contribution in [0.1, 0.15) is 40.9 Å². The predicted molar refractivity (Wildman–Crippen MR) is 121 cm³/mol. The number of rotatable bonds is 3. The molecule has 0 saturated carbocycles. The van der Waals surface area contributed by atoms with Crippen molar-refractivity contribution < 1.29 is 22.8 Å². The molecule has 4 rings (SSSR count). The van der Waals surface area contributed by atoms with E-state index >= 15 is 0 Å². The number of piperidine rings is 1. The van der Waals surface area contributed by atoms with Crippen LogP contribution in [0.25, 0.3) is 0 Å². The zero-order valence-electron chi connectivity index (χ0n) is 19.8. The van der Waals surface area contributed by atoms with Crippen LogP contribution in [0.2, 0.25) is 0 Å². The topological polar surface area (TPSA) is 85.5 Å². The van der Waals surface area contributed by atoms with Gasteiger partial charge in [-0.25, -0.2) is 0 Å². The molecule has 35 heavy (non-hydrogen) atoms. The number of hydrogen-bond acceptors (Lipinski definition) is 5. The molecule has 8 nitrogen and oxygen atoms in total. The number of halogens is 3. The number of nitriles is 1. The maximum atomic E-state index is 13.4. The molecule has 0 radical (unpaired) electrons. The average Bonchev–Trinajstić information content (AvgIpc) is 3.41. The molecular formula is C24H27F3N6O2. The number of alkyl halides is 3. The number of likely N-dealkylation sites (N-methyl/N-ethyl adjacent to an activating group) is 1. The molecule has 1 atom stereocenters. The summed E-state index contributed by atoms with van der Waals surface area (Å²) in [6.45, 7) is 1.36. The lowest BCUT2D eigenvalue weighted by Crippen LogP contribution is -2.45. The second-order valence-corrected chi connectivity index (χ2v) is 9.59. The third-order valence-electron chi connectivity index (χ3n) is 7.05. The fraction of sp³-hybridized carbons (Fsp3) is 0.500. The van der Waals surface area contributed by atoms with Gasteiger partial charge < -0.3 is 14.7 Å². The van der Waals surface area contributed by atoms with E-state index in [2.05, 4.69) is 5.10 Å². The van der Waals surface area contributed by atoms with Gasteiger partial charge in [0.2, 0.25) is 5.91 Å². The number of hydrogen-bond donors (Lipinski definition) is 0. The van der Waals surface area contributed by atoms with Gasteiger partial charge in [0.05, 0.1) is 17.2 Å². The third kappa shape index (κ3) is 4.70.